The molecule has 2 heterocycles. The summed E-state index contributed by atoms with van der Waals surface area (Å²) in [6, 6.07) is 17.7. The number of ether oxygens (including phenoxy) is 2. The van der Waals surface area contributed by atoms with Crippen molar-refractivity contribution in [1.82, 2.24) is 9.47 Å². The lowest BCUT2D eigenvalue weighted by atomic mass is 10.3. The van der Waals surface area contributed by atoms with Crippen molar-refractivity contribution >= 4 is 17.0 Å². The molecule has 7 nitrogen and oxygen atoms in total. The van der Waals surface area contributed by atoms with Crippen LogP contribution in [0.3, 0.4) is 0 Å². The van der Waals surface area contributed by atoms with Gasteiger partial charge in [-0.05, 0) is 24.3 Å². The van der Waals surface area contributed by atoms with Crippen LogP contribution in [0.15, 0.2) is 54.6 Å². The maximum atomic E-state index is 10.6. The van der Waals surface area contributed by atoms with Gasteiger partial charge in [-0.2, -0.15) is 0 Å². The molecule has 0 saturated carbocycles. The van der Waals surface area contributed by atoms with Crippen LogP contribution in [-0.4, -0.2) is 60.1 Å². The van der Waals surface area contributed by atoms with Crippen molar-refractivity contribution in [3.63, 3.8) is 0 Å². The van der Waals surface area contributed by atoms with Crippen molar-refractivity contribution < 1.29 is 19.1 Å². The van der Waals surface area contributed by atoms with E-state index in [1.54, 1.807) is 0 Å². The number of anilines is 1. The lowest BCUT2D eigenvalue weighted by Gasteiger charge is -2.26. The van der Waals surface area contributed by atoms with Gasteiger partial charge in [0.15, 0.2) is 0 Å². The summed E-state index contributed by atoms with van der Waals surface area (Å²) in [4.78, 5) is 2.39. The highest BCUT2D eigenvalue weighted by atomic mass is 16.5. The third kappa shape index (κ3) is 4.70. The van der Waals surface area contributed by atoms with Crippen molar-refractivity contribution in [3.8, 4) is 5.75 Å². The fourth-order valence-electron chi connectivity index (χ4n) is 3.78. The van der Waals surface area contributed by atoms with E-state index in [1.807, 2.05) is 53.1 Å². The van der Waals surface area contributed by atoms with Crippen LogP contribution in [0.2, 0.25) is 0 Å². The van der Waals surface area contributed by atoms with Gasteiger partial charge in [-0.3, -0.25) is 10.6 Å². The van der Waals surface area contributed by atoms with Crippen molar-refractivity contribution in [3.05, 3.63) is 54.6 Å². The average Bonchev–Trinajstić information content (AvgIpc) is 3.03. The van der Waals surface area contributed by atoms with E-state index in [2.05, 4.69) is 15.5 Å². The molecular formula is C22H29N4O3+. The SMILES string of the molecule is Nc1n(CCN2CCOCC2)c2ccccc2[n+]1CC(O)COc1ccccc1. The number of imidazole rings is 1. The van der Waals surface area contributed by atoms with Crippen molar-refractivity contribution in [2.45, 2.75) is 19.2 Å². The standard InChI is InChI=1S/C22H28N4O3/c23-22-25(11-10-24-12-14-28-15-13-24)20-8-4-5-9-21(20)26(22)16-18(27)17-29-19-6-2-1-3-7-19/h1-9,18,23,27H,10-17H2/p+1. The van der Waals surface area contributed by atoms with Crippen LogP contribution in [0.4, 0.5) is 5.95 Å². The van der Waals surface area contributed by atoms with Gasteiger partial charge in [0.1, 0.15) is 36.0 Å². The number of fused-ring (bicyclic) bond motifs is 1. The molecule has 1 unspecified atom stereocenters. The summed E-state index contributed by atoms with van der Waals surface area (Å²) in [5.74, 6) is 1.40. The zero-order chi connectivity index (χ0) is 20.1. The number of aliphatic hydroxyl groups excluding tert-OH is 1. The summed E-state index contributed by atoms with van der Waals surface area (Å²) < 4.78 is 15.2. The molecule has 3 N–H and O–H groups in total. The molecule has 2 aromatic carbocycles. The Labute approximate surface area is 170 Å². The molecule has 4 rings (SSSR count). The van der Waals surface area contributed by atoms with E-state index in [1.165, 1.54) is 0 Å². The molecule has 29 heavy (non-hydrogen) atoms. The highest BCUT2D eigenvalue weighted by Crippen LogP contribution is 2.17. The first-order valence-corrected chi connectivity index (χ1v) is 10.1. The summed E-state index contributed by atoms with van der Waals surface area (Å²) in [6.45, 7) is 5.80. The van der Waals surface area contributed by atoms with Gasteiger partial charge in [0.25, 0.3) is 0 Å². The predicted molar refractivity (Wildman–Crippen MR) is 112 cm³/mol. The Morgan fingerprint density at radius 1 is 1.03 bits per heavy atom. The number of para-hydroxylation sites is 3. The van der Waals surface area contributed by atoms with Crippen LogP contribution < -0.4 is 15.0 Å². The van der Waals surface area contributed by atoms with E-state index in [0.29, 0.717) is 12.5 Å². The first kappa shape index (κ1) is 19.7. The highest BCUT2D eigenvalue weighted by molar-refractivity contribution is 5.73. The molecule has 1 aromatic heterocycles. The van der Waals surface area contributed by atoms with E-state index in [4.69, 9.17) is 15.2 Å². The molecule has 0 spiro atoms. The molecule has 1 aliphatic heterocycles. The summed E-state index contributed by atoms with van der Waals surface area (Å²) in [7, 11) is 0. The van der Waals surface area contributed by atoms with E-state index >= 15 is 0 Å². The van der Waals surface area contributed by atoms with Crippen LogP contribution in [0.5, 0.6) is 5.75 Å². The number of hydrogen-bond donors (Lipinski definition) is 2. The van der Waals surface area contributed by atoms with E-state index in [0.717, 1.165) is 56.2 Å². The van der Waals surface area contributed by atoms with Crippen molar-refractivity contribution in [1.29, 1.82) is 0 Å². The molecule has 7 heteroatoms. The minimum Gasteiger partial charge on any atom is -0.491 e. The Balaban J connectivity index is 1.47. The smallest absolute Gasteiger partial charge is 0.356 e. The molecule has 1 atom stereocenters. The van der Waals surface area contributed by atoms with Gasteiger partial charge in [-0.15, -0.1) is 0 Å². The molecule has 1 aliphatic rings. The van der Waals surface area contributed by atoms with Gasteiger partial charge in [0.05, 0.1) is 19.8 Å². The largest absolute Gasteiger partial charge is 0.491 e. The Hall–Kier alpha value is -2.61. The first-order chi connectivity index (χ1) is 14.2. The lowest BCUT2D eigenvalue weighted by molar-refractivity contribution is -0.665. The van der Waals surface area contributed by atoms with Gasteiger partial charge in [0, 0.05) is 19.6 Å². The normalized spacial score (nSPS) is 16.2. The highest BCUT2D eigenvalue weighted by Gasteiger charge is 2.23. The fraction of sp³-hybridized carbons (Fsp3) is 0.409. The third-order valence-electron chi connectivity index (χ3n) is 5.34. The fourth-order valence-corrected chi connectivity index (χ4v) is 3.78. The summed E-state index contributed by atoms with van der Waals surface area (Å²) in [5, 5.41) is 10.6. The molecule has 1 fully saturated rings. The molecule has 0 amide bonds. The molecule has 0 aliphatic carbocycles. The summed E-state index contributed by atoms with van der Waals surface area (Å²) in [6.07, 6.45) is -0.666. The lowest BCUT2D eigenvalue weighted by Crippen LogP contribution is -2.44. The van der Waals surface area contributed by atoms with Gasteiger partial charge in [0.2, 0.25) is 0 Å². The average molecular weight is 397 g/mol. The number of benzene rings is 2. The number of nitrogen functional groups attached to an aromatic ring is 1. The maximum absolute atomic E-state index is 10.6. The number of morpholine rings is 1. The van der Waals surface area contributed by atoms with Gasteiger partial charge < -0.3 is 14.6 Å². The van der Waals surface area contributed by atoms with Crippen molar-refractivity contribution in [2.24, 2.45) is 0 Å². The zero-order valence-corrected chi connectivity index (χ0v) is 16.6. The van der Waals surface area contributed by atoms with Gasteiger partial charge in [-0.1, -0.05) is 30.3 Å². The topological polar surface area (TPSA) is 76.8 Å². The van der Waals surface area contributed by atoms with Crippen LogP contribution >= 0.6 is 0 Å². The van der Waals surface area contributed by atoms with E-state index in [9.17, 15) is 5.11 Å². The van der Waals surface area contributed by atoms with Crippen LogP contribution in [0.1, 0.15) is 0 Å². The number of aliphatic hydroxyl groups is 1. The molecule has 1 saturated heterocycles. The molecule has 0 bridgehead atoms. The Kier molecular flexibility index (Phi) is 6.29. The molecule has 3 aromatic rings. The predicted octanol–water partition coefficient (Wildman–Crippen LogP) is 1.28. The number of rotatable bonds is 8. The van der Waals surface area contributed by atoms with E-state index < -0.39 is 6.10 Å². The van der Waals surface area contributed by atoms with Crippen LogP contribution in [-0.2, 0) is 17.8 Å². The number of nitrogens with two attached hydrogens (primary N) is 1. The zero-order valence-electron chi connectivity index (χ0n) is 16.6. The minimum atomic E-state index is -0.666. The Morgan fingerprint density at radius 2 is 1.76 bits per heavy atom. The van der Waals surface area contributed by atoms with Crippen LogP contribution in [0.25, 0.3) is 11.0 Å². The number of hydrogen-bond acceptors (Lipinski definition) is 5. The summed E-state index contributed by atoms with van der Waals surface area (Å²) in [5.41, 5.74) is 8.62. The number of aromatic nitrogens is 2. The molecular weight excluding hydrogens is 368 g/mol. The van der Waals surface area contributed by atoms with Gasteiger partial charge >= 0.3 is 5.95 Å². The Morgan fingerprint density at radius 3 is 2.55 bits per heavy atom. The second kappa shape index (κ2) is 9.26. The minimum absolute atomic E-state index is 0.212. The van der Waals surface area contributed by atoms with Gasteiger partial charge in [-0.25, -0.2) is 9.13 Å². The quantitative estimate of drug-likeness (QED) is 0.560. The number of nitrogens with zero attached hydrogens (tertiary/aromatic N) is 3. The maximum Gasteiger partial charge on any atom is 0.356 e. The Bertz CT molecular complexity index is 922. The molecule has 154 valence electrons. The second-order valence-corrected chi connectivity index (χ2v) is 7.34. The monoisotopic (exact) mass is 397 g/mol. The first-order valence-electron chi connectivity index (χ1n) is 10.1. The van der Waals surface area contributed by atoms with E-state index in [-0.39, 0.29) is 6.61 Å². The summed E-state index contributed by atoms with van der Waals surface area (Å²) >= 11 is 0. The van der Waals surface area contributed by atoms with Crippen LogP contribution in [0, 0.1) is 0 Å². The third-order valence-corrected chi connectivity index (χ3v) is 5.34. The molecule has 0 radical (unpaired) electrons. The van der Waals surface area contributed by atoms with Crippen molar-refractivity contribution in [2.75, 3.05) is 45.2 Å². The second-order valence-electron chi connectivity index (χ2n) is 7.34.